The summed E-state index contributed by atoms with van der Waals surface area (Å²) >= 11 is 12.4. The fourth-order valence-corrected chi connectivity index (χ4v) is 2.87. The lowest BCUT2D eigenvalue weighted by atomic mass is 10.2. The van der Waals surface area contributed by atoms with E-state index < -0.39 is 18.2 Å². The van der Waals surface area contributed by atoms with Gasteiger partial charge in [-0.1, -0.05) is 23.2 Å². The third-order valence-corrected chi connectivity index (χ3v) is 4.30. The Morgan fingerprint density at radius 3 is 2.32 bits per heavy atom. The van der Waals surface area contributed by atoms with Crippen molar-refractivity contribution in [2.45, 2.75) is 6.43 Å². The summed E-state index contributed by atoms with van der Waals surface area (Å²) in [5.41, 5.74) is -1.06. The maximum absolute atomic E-state index is 12.9. The Morgan fingerprint density at radius 2 is 1.84 bits per heavy atom. The first kappa shape index (κ1) is 24.0. The van der Waals surface area contributed by atoms with Crippen LogP contribution in [0, 0.1) is 0 Å². The second kappa shape index (κ2) is 10.7. The Hall–Kier alpha value is -3.24. The highest BCUT2D eigenvalue weighted by Crippen LogP contribution is 2.40. The van der Waals surface area contributed by atoms with Crippen molar-refractivity contribution in [2.75, 3.05) is 19.2 Å². The predicted molar refractivity (Wildman–Crippen MR) is 111 cm³/mol. The number of alkyl halides is 2. The number of ether oxygens (including phenoxy) is 2. The molecule has 31 heavy (non-hydrogen) atoms. The van der Waals surface area contributed by atoms with E-state index >= 15 is 0 Å². The van der Waals surface area contributed by atoms with Crippen LogP contribution in [-0.2, 0) is 4.79 Å². The first-order chi connectivity index (χ1) is 14.7. The number of rotatable bonds is 8. The molecule has 0 saturated heterocycles. The fourth-order valence-electron chi connectivity index (χ4n) is 2.31. The first-order valence-electron chi connectivity index (χ1n) is 8.39. The highest BCUT2D eigenvalue weighted by atomic mass is 35.5. The van der Waals surface area contributed by atoms with Crippen LogP contribution in [0.15, 0.2) is 35.4 Å². The molecule has 0 saturated carbocycles. The monoisotopic (exact) mass is 473 g/mol. The lowest BCUT2D eigenvalue weighted by Gasteiger charge is -2.19. The number of aldehydes is 2. The molecular weight excluding hydrogens is 459 g/mol. The molecule has 0 heterocycles. The quantitative estimate of drug-likeness (QED) is 0.344. The molecule has 1 N–H and O–H groups in total. The lowest BCUT2D eigenvalue weighted by molar-refractivity contribution is -0.103. The first-order valence-corrected chi connectivity index (χ1v) is 9.15. The van der Waals surface area contributed by atoms with Crippen molar-refractivity contribution in [1.82, 2.24) is 5.32 Å². The van der Waals surface area contributed by atoms with Crippen LogP contribution in [0.1, 0.15) is 10.4 Å². The molecule has 2 aromatic rings. The molecule has 2 rings (SSSR count). The van der Waals surface area contributed by atoms with E-state index in [1.54, 1.807) is 0 Å². The zero-order valence-electron chi connectivity index (χ0n) is 16.1. The molecule has 0 aromatic heterocycles. The van der Waals surface area contributed by atoms with Gasteiger partial charge in [0.25, 0.3) is 6.43 Å². The molecule has 8 nitrogen and oxygen atoms in total. The van der Waals surface area contributed by atoms with Crippen LogP contribution in [0.3, 0.4) is 0 Å². The van der Waals surface area contributed by atoms with E-state index in [1.165, 1.54) is 44.5 Å². The number of nitrogens with zero attached hydrogens (tertiary/aromatic N) is 2. The van der Waals surface area contributed by atoms with Crippen LogP contribution in [0.4, 0.5) is 19.3 Å². The van der Waals surface area contributed by atoms with Crippen molar-refractivity contribution >= 4 is 53.2 Å². The Balaban J connectivity index is 2.47. The van der Waals surface area contributed by atoms with Gasteiger partial charge in [-0.15, -0.1) is 0 Å². The van der Waals surface area contributed by atoms with Gasteiger partial charge in [0.05, 0.1) is 28.4 Å². The van der Waals surface area contributed by atoms with Crippen molar-refractivity contribution in [3.8, 4) is 17.2 Å². The predicted octanol–water partition coefficient (Wildman–Crippen LogP) is 4.57. The number of halogens is 4. The molecule has 2 amide bonds. The number of hydrogen-bond donors (Lipinski definition) is 1. The summed E-state index contributed by atoms with van der Waals surface area (Å²) in [6.45, 7) is 0. The standard InChI is InChI=1S/C19H15Cl2F2N3O5/c1-24-19(29)26(25-15(9-28)18(22)23)11-6-13(20)17(14(21)7-11)31-12-3-4-16(30-2)10(5-12)8-27/h3-9,18H,1-2H3,(H,24,29)/b25-15+. The Kier molecular flexibility index (Phi) is 8.29. The minimum absolute atomic E-state index is 0.0283. The van der Waals surface area contributed by atoms with Gasteiger partial charge in [-0.3, -0.25) is 9.59 Å². The molecule has 0 radical (unpaired) electrons. The number of amides is 2. The summed E-state index contributed by atoms with van der Waals surface area (Å²) in [4.78, 5) is 34.1. The molecule has 0 atom stereocenters. The molecule has 0 aliphatic heterocycles. The number of hydrogen-bond acceptors (Lipinski definition) is 6. The number of carbonyl (C=O) groups excluding carboxylic acids is 3. The summed E-state index contributed by atoms with van der Waals surface area (Å²) < 4.78 is 36.5. The van der Waals surface area contributed by atoms with Crippen molar-refractivity contribution in [1.29, 1.82) is 0 Å². The largest absolute Gasteiger partial charge is 0.496 e. The van der Waals surface area contributed by atoms with E-state index in [-0.39, 0.29) is 39.1 Å². The molecule has 2 aromatic carbocycles. The minimum Gasteiger partial charge on any atom is -0.496 e. The van der Waals surface area contributed by atoms with Gasteiger partial charge in [0.1, 0.15) is 11.5 Å². The van der Waals surface area contributed by atoms with Gasteiger partial charge in [-0.05, 0) is 30.3 Å². The molecule has 0 fully saturated rings. The van der Waals surface area contributed by atoms with E-state index in [1.807, 2.05) is 0 Å². The number of carbonyl (C=O) groups is 3. The Labute approximate surface area is 185 Å². The number of hydrazone groups is 1. The molecular formula is C19H15Cl2F2N3O5. The second-order valence-electron chi connectivity index (χ2n) is 5.67. The summed E-state index contributed by atoms with van der Waals surface area (Å²) in [7, 11) is 2.64. The highest BCUT2D eigenvalue weighted by molar-refractivity contribution is 6.38. The topological polar surface area (TPSA) is 97.3 Å². The van der Waals surface area contributed by atoms with Crippen molar-refractivity contribution in [2.24, 2.45) is 5.10 Å². The van der Waals surface area contributed by atoms with Crippen LogP contribution in [0.5, 0.6) is 17.2 Å². The number of benzene rings is 2. The van der Waals surface area contributed by atoms with E-state index in [4.69, 9.17) is 32.7 Å². The Bertz CT molecular complexity index is 1010. The molecule has 0 aliphatic rings. The van der Waals surface area contributed by atoms with Crippen LogP contribution < -0.4 is 19.8 Å². The van der Waals surface area contributed by atoms with Crippen molar-refractivity contribution in [3.05, 3.63) is 45.9 Å². The average Bonchev–Trinajstić information content (AvgIpc) is 2.75. The van der Waals surface area contributed by atoms with E-state index in [9.17, 15) is 23.2 Å². The second-order valence-corrected chi connectivity index (χ2v) is 6.49. The molecule has 0 bridgehead atoms. The molecule has 164 valence electrons. The summed E-state index contributed by atoms with van der Waals surface area (Å²) in [6.07, 6.45) is -2.80. The summed E-state index contributed by atoms with van der Waals surface area (Å²) in [5, 5.41) is 5.90. The van der Waals surface area contributed by atoms with Gasteiger partial charge in [-0.25, -0.2) is 13.6 Å². The Morgan fingerprint density at radius 1 is 1.19 bits per heavy atom. The maximum Gasteiger partial charge on any atom is 0.342 e. The number of urea groups is 1. The van der Waals surface area contributed by atoms with Gasteiger partial charge >= 0.3 is 6.03 Å². The molecule has 0 aliphatic carbocycles. The van der Waals surface area contributed by atoms with Crippen LogP contribution in [-0.4, -0.2) is 44.9 Å². The minimum atomic E-state index is -3.21. The third-order valence-electron chi connectivity index (χ3n) is 3.74. The van der Waals surface area contributed by atoms with Crippen molar-refractivity contribution < 1.29 is 32.6 Å². The number of methoxy groups -OCH3 is 1. The zero-order valence-corrected chi connectivity index (χ0v) is 17.6. The normalized spacial score (nSPS) is 11.1. The summed E-state index contributed by atoms with van der Waals surface area (Å²) in [5.74, 6) is 0.514. The van der Waals surface area contributed by atoms with Crippen LogP contribution in [0.2, 0.25) is 10.0 Å². The maximum atomic E-state index is 12.9. The van der Waals surface area contributed by atoms with E-state index in [2.05, 4.69) is 10.4 Å². The summed E-state index contributed by atoms with van der Waals surface area (Å²) in [6, 6.07) is 5.84. The van der Waals surface area contributed by atoms with Gasteiger partial charge in [0.2, 0.25) is 0 Å². The fraction of sp³-hybridized carbons (Fsp3) is 0.158. The van der Waals surface area contributed by atoms with E-state index in [0.717, 1.165) is 0 Å². The molecule has 12 heteroatoms. The van der Waals surface area contributed by atoms with Crippen LogP contribution in [0.25, 0.3) is 0 Å². The van der Waals surface area contributed by atoms with Gasteiger partial charge in [0.15, 0.2) is 24.0 Å². The number of anilines is 1. The highest BCUT2D eigenvalue weighted by Gasteiger charge is 2.22. The zero-order chi connectivity index (χ0) is 23.1. The van der Waals surface area contributed by atoms with Gasteiger partial charge in [-0.2, -0.15) is 10.1 Å². The average molecular weight is 474 g/mol. The van der Waals surface area contributed by atoms with E-state index in [0.29, 0.717) is 17.0 Å². The molecule has 0 unspecified atom stereocenters. The SMILES string of the molecule is CNC(=O)N(/N=C(\C=O)C(F)F)c1cc(Cl)c(Oc2ccc(OC)c(C=O)c2)c(Cl)c1. The van der Waals surface area contributed by atoms with Gasteiger partial charge < -0.3 is 14.8 Å². The number of nitrogens with one attached hydrogen (secondary N) is 1. The smallest absolute Gasteiger partial charge is 0.342 e. The third kappa shape index (κ3) is 5.68. The molecule has 0 spiro atoms. The van der Waals surface area contributed by atoms with Gasteiger partial charge in [0, 0.05) is 7.05 Å². The lowest BCUT2D eigenvalue weighted by Crippen LogP contribution is -2.36. The van der Waals surface area contributed by atoms with Crippen LogP contribution >= 0.6 is 23.2 Å². The van der Waals surface area contributed by atoms with Crippen molar-refractivity contribution in [3.63, 3.8) is 0 Å².